The lowest BCUT2D eigenvalue weighted by Gasteiger charge is -2.40. The molecule has 0 saturated carbocycles. The minimum atomic E-state index is -1.87. The topological polar surface area (TPSA) is 188 Å². The fraction of sp³-hybridized carbons (Fsp3) is 0.619. The van der Waals surface area contributed by atoms with Crippen LogP contribution in [-0.4, -0.2) is 118 Å². The van der Waals surface area contributed by atoms with E-state index >= 15 is 0 Å². The van der Waals surface area contributed by atoms with Crippen molar-refractivity contribution in [2.75, 3.05) is 33.5 Å². The fourth-order valence-electron chi connectivity index (χ4n) is 3.45. The van der Waals surface area contributed by atoms with E-state index in [-0.39, 0.29) is 25.6 Å². The molecule has 12 heteroatoms. The third kappa shape index (κ3) is 5.81. The first-order chi connectivity index (χ1) is 15.7. The van der Waals surface area contributed by atoms with Gasteiger partial charge in [0.25, 0.3) is 0 Å². The van der Waals surface area contributed by atoms with Gasteiger partial charge in [-0.2, -0.15) is 0 Å². The molecule has 33 heavy (non-hydrogen) atoms. The Balaban J connectivity index is 1.53. The Bertz CT molecular complexity index is 803. The number of hydrogen-bond acceptors (Lipinski definition) is 12. The zero-order chi connectivity index (χ0) is 24.2. The van der Waals surface area contributed by atoms with Crippen LogP contribution in [0.4, 0.5) is 0 Å². The molecule has 0 amide bonds. The van der Waals surface area contributed by atoms with E-state index in [0.29, 0.717) is 5.75 Å². The number of methoxy groups -OCH3 is 1. The summed E-state index contributed by atoms with van der Waals surface area (Å²) in [7, 11) is 1.43. The van der Waals surface area contributed by atoms with Crippen molar-refractivity contribution in [2.45, 2.75) is 48.7 Å². The summed E-state index contributed by atoms with van der Waals surface area (Å²) >= 11 is 0. The van der Waals surface area contributed by atoms with Crippen LogP contribution < -0.4 is 4.74 Å². The Kier molecular flexibility index (Phi) is 8.64. The lowest BCUT2D eigenvalue weighted by molar-refractivity contribution is -0.307. The molecule has 0 unspecified atom stereocenters. The van der Waals surface area contributed by atoms with Crippen LogP contribution in [0, 0.1) is 0 Å². The molecule has 2 fully saturated rings. The molecular formula is C21H30O12. The predicted molar refractivity (Wildman–Crippen MR) is 110 cm³/mol. The smallest absolute Gasteiger partial charge is 0.187 e. The van der Waals surface area contributed by atoms with Crippen LogP contribution in [0.1, 0.15) is 5.56 Å². The second kappa shape index (κ2) is 11.1. The molecule has 0 bridgehead atoms. The second-order valence-corrected chi connectivity index (χ2v) is 7.90. The summed E-state index contributed by atoms with van der Waals surface area (Å²) in [6, 6.07) is 4.75. The highest BCUT2D eigenvalue weighted by molar-refractivity contribution is 5.55. The molecule has 12 nitrogen and oxygen atoms in total. The van der Waals surface area contributed by atoms with E-state index in [1.165, 1.54) is 13.2 Å². The first-order valence-corrected chi connectivity index (χ1v) is 10.3. The minimum absolute atomic E-state index is 0.00185. The van der Waals surface area contributed by atoms with Crippen molar-refractivity contribution in [1.82, 2.24) is 0 Å². The van der Waals surface area contributed by atoms with Crippen molar-refractivity contribution in [3.8, 4) is 11.5 Å². The molecule has 0 aliphatic carbocycles. The van der Waals surface area contributed by atoms with Crippen LogP contribution in [0.25, 0.3) is 6.08 Å². The molecule has 0 radical (unpaired) electrons. The quantitative estimate of drug-likeness (QED) is 0.203. The average Bonchev–Trinajstić information content (AvgIpc) is 3.10. The van der Waals surface area contributed by atoms with Gasteiger partial charge in [-0.05, 0) is 17.7 Å². The van der Waals surface area contributed by atoms with Crippen molar-refractivity contribution in [1.29, 1.82) is 0 Å². The van der Waals surface area contributed by atoms with Gasteiger partial charge in [0.1, 0.15) is 36.1 Å². The third-order valence-electron chi connectivity index (χ3n) is 5.54. The van der Waals surface area contributed by atoms with Crippen LogP contribution in [0.2, 0.25) is 0 Å². The minimum Gasteiger partial charge on any atom is -0.504 e. The van der Waals surface area contributed by atoms with Crippen molar-refractivity contribution < 1.29 is 59.4 Å². The maximum atomic E-state index is 10.2. The highest BCUT2D eigenvalue weighted by Crippen LogP contribution is 2.28. The standard InChI is InChI=1S/C21H30O12/c1-29-13-7-11(4-5-12(13)23)3-2-6-30-19-17(26)16(25)15(24)14(33-19)8-31-20-18(27)21(28,9-22)10-32-20/h2-5,7,14-20,22-28H,6,8-10H2,1H3/b3-2+/t14-,15+,16-,17-,18-,19+,20+,21+/m0/s1. The molecular weight excluding hydrogens is 444 g/mol. The van der Waals surface area contributed by atoms with E-state index in [4.69, 9.17) is 23.7 Å². The van der Waals surface area contributed by atoms with E-state index in [2.05, 4.69) is 0 Å². The summed E-state index contributed by atoms with van der Waals surface area (Å²) in [5.41, 5.74) is -1.15. The summed E-state index contributed by atoms with van der Waals surface area (Å²) in [5.74, 6) is 0.305. The van der Waals surface area contributed by atoms with Gasteiger partial charge >= 0.3 is 0 Å². The normalized spacial score (nSPS) is 37.0. The fourth-order valence-corrected chi connectivity index (χ4v) is 3.45. The molecule has 2 heterocycles. The van der Waals surface area contributed by atoms with Gasteiger partial charge in [-0.3, -0.25) is 0 Å². The van der Waals surface area contributed by atoms with E-state index in [1.807, 2.05) is 0 Å². The summed E-state index contributed by atoms with van der Waals surface area (Å²) in [6.45, 7) is -1.47. The van der Waals surface area contributed by atoms with Crippen molar-refractivity contribution in [3.05, 3.63) is 29.8 Å². The lowest BCUT2D eigenvalue weighted by Crippen LogP contribution is -2.59. The first-order valence-electron chi connectivity index (χ1n) is 10.3. The number of ether oxygens (including phenoxy) is 5. The molecule has 7 N–H and O–H groups in total. The van der Waals surface area contributed by atoms with Crippen LogP contribution in [0.3, 0.4) is 0 Å². The van der Waals surface area contributed by atoms with Gasteiger partial charge in [0.05, 0.1) is 33.5 Å². The first kappa shape index (κ1) is 25.8. The van der Waals surface area contributed by atoms with Crippen LogP contribution >= 0.6 is 0 Å². The van der Waals surface area contributed by atoms with Gasteiger partial charge in [0.2, 0.25) is 0 Å². The number of aromatic hydroxyl groups is 1. The Morgan fingerprint density at radius 2 is 1.85 bits per heavy atom. The zero-order valence-corrected chi connectivity index (χ0v) is 17.9. The third-order valence-corrected chi connectivity index (χ3v) is 5.54. The highest BCUT2D eigenvalue weighted by atomic mass is 16.7. The van der Waals surface area contributed by atoms with Gasteiger partial charge in [0.15, 0.2) is 24.1 Å². The Labute approximate surface area is 189 Å². The van der Waals surface area contributed by atoms with Gasteiger partial charge < -0.3 is 59.4 Å². The van der Waals surface area contributed by atoms with E-state index in [1.54, 1.807) is 24.3 Å². The number of phenolic OH excluding ortho intramolecular Hbond substituents is 1. The SMILES string of the molecule is COc1cc(/C=C/CO[C@@H]2O[C@@H](CO[C@@H]3OC[C@](O)(CO)[C@H]3O)[C@@H](O)[C@H](O)[C@@H]2O)ccc1O. The van der Waals surface area contributed by atoms with Gasteiger partial charge in [-0.15, -0.1) is 0 Å². The van der Waals surface area contributed by atoms with Gasteiger partial charge in [-0.25, -0.2) is 0 Å². The summed E-state index contributed by atoms with van der Waals surface area (Å²) in [4.78, 5) is 0. The Hall–Kier alpha value is -1.84. The molecule has 8 atom stereocenters. The van der Waals surface area contributed by atoms with Crippen molar-refractivity contribution in [3.63, 3.8) is 0 Å². The predicted octanol–water partition coefficient (Wildman–Crippen LogP) is -2.30. The van der Waals surface area contributed by atoms with Crippen LogP contribution in [0.15, 0.2) is 24.3 Å². The monoisotopic (exact) mass is 474 g/mol. The largest absolute Gasteiger partial charge is 0.504 e. The van der Waals surface area contributed by atoms with Crippen molar-refractivity contribution in [2.24, 2.45) is 0 Å². The molecule has 2 aliphatic rings. The number of aliphatic hydroxyl groups excluding tert-OH is 5. The van der Waals surface area contributed by atoms with E-state index in [0.717, 1.165) is 5.56 Å². The lowest BCUT2D eigenvalue weighted by atomic mass is 9.99. The highest BCUT2D eigenvalue weighted by Gasteiger charge is 2.50. The molecule has 2 saturated heterocycles. The Morgan fingerprint density at radius 1 is 1.09 bits per heavy atom. The van der Waals surface area contributed by atoms with E-state index in [9.17, 15) is 35.7 Å². The molecule has 186 valence electrons. The van der Waals surface area contributed by atoms with Crippen LogP contribution in [-0.2, 0) is 18.9 Å². The average molecular weight is 474 g/mol. The second-order valence-electron chi connectivity index (χ2n) is 7.90. The molecule has 0 aromatic heterocycles. The maximum Gasteiger partial charge on any atom is 0.187 e. The number of phenols is 1. The molecule has 3 rings (SSSR count). The summed E-state index contributed by atoms with van der Waals surface area (Å²) < 4.78 is 26.5. The number of rotatable bonds is 9. The van der Waals surface area contributed by atoms with Gasteiger partial charge in [-0.1, -0.05) is 18.2 Å². The summed E-state index contributed by atoms with van der Waals surface area (Å²) in [5, 5.41) is 69.3. The van der Waals surface area contributed by atoms with E-state index < -0.39 is 55.3 Å². The molecule has 2 aliphatic heterocycles. The van der Waals surface area contributed by atoms with Crippen LogP contribution in [0.5, 0.6) is 11.5 Å². The number of hydrogen-bond donors (Lipinski definition) is 7. The summed E-state index contributed by atoms with van der Waals surface area (Å²) in [6.07, 6.45) is -6.60. The van der Waals surface area contributed by atoms with Gasteiger partial charge in [0, 0.05) is 0 Å². The number of benzene rings is 1. The zero-order valence-electron chi connectivity index (χ0n) is 17.9. The molecule has 1 aromatic carbocycles. The molecule has 0 spiro atoms. The molecule has 1 aromatic rings. The Morgan fingerprint density at radius 3 is 2.52 bits per heavy atom. The van der Waals surface area contributed by atoms with Crippen molar-refractivity contribution >= 4 is 6.08 Å². The maximum absolute atomic E-state index is 10.2. The number of aliphatic hydroxyl groups is 6.